The summed E-state index contributed by atoms with van der Waals surface area (Å²) in [7, 11) is 1.58. The minimum Gasteiger partial charge on any atom is -0.507 e. The van der Waals surface area contributed by atoms with Crippen LogP contribution in [-0.4, -0.2) is 23.0 Å². The second-order valence-electron chi connectivity index (χ2n) is 3.90. The van der Waals surface area contributed by atoms with E-state index in [2.05, 4.69) is 0 Å². The van der Waals surface area contributed by atoms with E-state index >= 15 is 0 Å². The lowest BCUT2D eigenvalue weighted by molar-refractivity contribution is 0.0772. The van der Waals surface area contributed by atoms with Crippen LogP contribution in [0.4, 0.5) is 4.39 Å². The largest absolute Gasteiger partial charge is 0.507 e. The Kier molecular flexibility index (Phi) is 3.32. The Hall–Kier alpha value is -2.30. The van der Waals surface area contributed by atoms with E-state index < -0.39 is 11.7 Å². The molecular weight excluding hydrogens is 237 g/mol. The molecule has 1 heterocycles. The number of rotatable bonds is 3. The quantitative estimate of drug-likeness (QED) is 0.908. The molecule has 5 heteroatoms. The van der Waals surface area contributed by atoms with Gasteiger partial charge in [-0.1, -0.05) is 0 Å². The molecule has 4 nitrogen and oxygen atoms in total. The van der Waals surface area contributed by atoms with Crippen LogP contribution in [0.3, 0.4) is 0 Å². The second-order valence-corrected chi connectivity index (χ2v) is 3.90. The summed E-state index contributed by atoms with van der Waals surface area (Å²) >= 11 is 0. The molecule has 0 spiro atoms. The highest BCUT2D eigenvalue weighted by Gasteiger charge is 2.17. The number of halogens is 1. The fourth-order valence-electron chi connectivity index (χ4n) is 1.60. The van der Waals surface area contributed by atoms with Crippen molar-refractivity contribution in [3.05, 3.63) is 53.7 Å². The van der Waals surface area contributed by atoms with Crippen molar-refractivity contribution in [3.63, 3.8) is 0 Å². The van der Waals surface area contributed by atoms with Crippen LogP contribution in [0.2, 0.25) is 0 Å². The molecule has 0 aliphatic heterocycles. The van der Waals surface area contributed by atoms with Gasteiger partial charge < -0.3 is 14.4 Å². The Balaban J connectivity index is 2.15. The van der Waals surface area contributed by atoms with E-state index in [1.165, 1.54) is 17.2 Å². The van der Waals surface area contributed by atoms with Crippen molar-refractivity contribution in [3.8, 4) is 5.75 Å². The highest BCUT2D eigenvalue weighted by atomic mass is 19.1. The van der Waals surface area contributed by atoms with Crippen LogP contribution in [-0.2, 0) is 6.54 Å². The molecule has 2 rings (SSSR count). The lowest BCUT2D eigenvalue weighted by atomic mass is 10.1. The number of carbonyl (C=O) groups excluding carboxylic acids is 1. The molecule has 0 unspecified atom stereocenters. The summed E-state index contributed by atoms with van der Waals surface area (Å²) in [6.07, 6.45) is 1.52. The van der Waals surface area contributed by atoms with Gasteiger partial charge in [-0.25, -0.2) is 4.39 Å². The number of hydrogen-bond donors (Lipinski definition) is 1. The van der Waals surface area contributed by atoms with Crippen LogP contribution in [0.25, 0.3) is 0 Å². The first-order chi connectivity index (χ1) is 8.58. The maximum atomic E-state index is 12.8. The third-order valence-electron chi connectivity index (χ3n) is 2.51. The summed E-state index contributed by atoms with van der Waals surface area (Å²) in [6, 6.07) is 6.77. The van der Waals surface area contributed by atoms with Gasteiger partial charge in [-0.05, 0) is 24.3 Å². The van der Waals surface area contributed by atoms with Crippen LogP contribution in [0.5, 0.6) is 5.75 Å². The van der Waals surface area contributed by atoms with Gasteiger partial charge in [0.25, 0.3) is 5.91 Å². The topological polar surface area (TPSA) is 53.7 Å². The number of nitrogens with zero attached hydrogens (tertiary/aromatic N) is 1. The first kappa shape index (κ1) is 12.2. The molecule has 0 fully saturated rings. The third-order valence-corrected chi connectivity index (χ3v) is 2.51. The number of hydrogen-bond acceptors (Lipinski definition) is 3. The highest BCUT2D eigenvalue weighted by Crippen LogP contribution is 2.20. The molecule has 0 saturated carbocycles. The summed E-state index contributed by atoms with van der Waals surface area (Å²) in [6.45, 7) is 0.280. The average Bonchev–Trinajstić information content (AvgIpc) is 2.81. The van der Waals surface area contributed by atoms with E-state index in [1.54, 1.807) is 19.2 Å². The zero-order chi connectivity index (χ0) is 13.1. The zero-order valence-corrected chi connectivity index (χ0v) is 9.76. The first-order valence-corrected chi connectivity index (χ1v) is 5.34. The summed E-state index contributed by atoms with van der Waals surface area (Å²) in [4.78, 5) is 13.4. The van der Waals surface area contributed by atoms with Crippen molar-refractivity contribution in [2.45, 2.75) is 6.54 Å². The fourth-order valence-corrected chi connectivity index (χ4v) is 1.60. The van der Waals surface area contributed by atoms with Crippen molar-refractivity contribution in [1.29, 1.82) is 0 Å². The maximum Gasteiger partial charge on any atom is 0.257 e. The SMILES string of the molecule is CN(Cc1ccco1)C(=O)c1ccc(F)cc1O. The van der Waals surface area contributed by atoms with E-state index in [0.29, 0.717) is 5.76 Å². The standard InChI is InChI=1S/C13H12FNO3/c1-15(8-10-3-2-6-18-10)13(17)11-5-4-9(14)7-12(11)16/h2-7,16H,8H2,1H3. The van der Waals surface area contributed by atoms with Crippen LogP contribution in [0.1, 0.15) is 16.1 Å². The van der Waals surface area contributed by atoms with Gasteiger partial charge in [0, 0.05) is 13.1 Å². The number of phenols is 1. The molecule has 1 aromatic heterocycles. The van der Waals surface area contributed by atoms with E-state index in [4.69, 9.17) is 4.42 Å². The molecule has 0 radical (unpaired) electrons. The van der Waals surface area contributed by atoms with E-state index in [9.17, 15) is 14.3 Å². The number of carbonyl (C=O) groups is 1. The fraction of sp³-hybridized carbons (Fsp3) is 0.154. The molecule has 94 valence electrons. The Labute approximate surface area is 103 Å². The molecule has 18 heavy (non-hydrogen) atoms. The molecule has 1 amide bonds. The van der Waals surface area contributed by atoms with E-state index in [-0.39, 0.29) is 17.9 Å². The van der Waals surface area contributed by atoms with Crippen LogP contribution < -0.4 is 0 Å². The van der Waals surface area contributed by atoms with Gasteiger partial charge in [0.1, 0.15) is 17.3 Å². The van der Waals surface area contributed by atoms with Gasteiger partial charge in [0.05, 0.1) is 18.4 Å². The number of benzene rings is 1. The van der Waals surface area contributed by atoms with Crippen LogP contribution in [0, 0.1) is 5.82 Å². The van der Waals surface area contributed by atoms with Crippen LogP contribution in [0.15, 0.2) is 41.0 Å². The predicted octanol–water partition coefficient (Wildman–Crippen LogP) is 2.40. The third kappa shape index (κ3) is 2.51. The minimum absolute atomic E-state index is 0.0606. The summed E-state index contributed by atoms with van der Waals surface area (Å²) in [5, 5.41) is 9.53. The minimum atomic E-state index is -0.585. The molecular formula is C13H12FNO3. The molecule has 0 atom stereocenters. The highest BCUT2D eigenvalue weighted by molar-refractivity contribution is 5.96. The Morgan fingerprint density at radius 1 is 1.44 bits per heavy atom. The maximum absolute atomic E-state index is 12.8. The van der Waals surface area contributed by atoms with Crippen molar-refractivity contribution < 1.29 is 18.7 Å². The number of aromatic hydroxyl groups is 1. The Morgan fingerprint density at radius 2 is 2.22 bits per heavy atom. The monoisotopic (exact) mass is 249 g/mol. The molecule has 2 aromatic rings. The van der Waals surface area contributed by atoms with Crippen molar-refractivity contribution >= 4 is 5.91 Å². The molecule has 1 N–H and O–H groups in total. The van der Waals surface area contributed by atoms with Gasteiger partial charge in [-0.2, -0.15) is 0 Å². The summed E-state index contributed by atoms with van der Waals surface area (Å²) in [5.41, 5.74) is 0.0606. The second kappa shape index (κ2) is 4.91. The molecule has 0 bridgehead atoms. The van der Waals surface area contributed by atoms with Crippen molar-refractivity contribution in [1.82, 2.24) is 4.90 Å². The van der Waals surface area contributed by atoms with Gasteiger partial charge in [0.2, 0.25) is 0 Å². The van der Waals surface area contributed by atoms with Crippen LogP contribution >= 0.6 is 0 Å². The van der Waals surface area contributed by atoms with Gasteiger partial charge in [-0.3, -0.25) is 4.79 Å². The zero-order valence-electron chi connectivity index (χ0n) is 9.76. The van der Waals surface area contributed by atoms with Gasteiger partial charge >= 0.3 is 0 Å². The first-order valence-electron chi connectivity index (χ1n) is 5.34. The smallest absolute Gasteiger partial charge is 0.257 e. The molecule has 0 saturated heterocycles. The summed E-state index contributed by atoms with van der Waals surface area (Å²) in [5.74, 6) is -0.722. The Morgan fingerprint density at radius 3 is 2.83 bits per heavy atom. The molecule has 0 aliphatic carbocycles. The normalized spacial score (nSPS) is 10.3. The lowest BCUT2D eigenvalue weighted by Gasteiger charge is -2.16. The summed E-state index contributed by atoms with van der Waals surface area (Å²) < 4.78 is 17.9. The number of furan rings is 1. The molecule has 0 aliphatic rings. The van der Waals surface area contributed by atoms with Gasteiger partial charge in [0.15, 0.2) is 0 Å². The number of amides is 1. The predicted molar refractivity (Wildman–Crippen MR) is 62.6 cm³/mol. The van der Waals surface area contributed by atoms with E-state index in [0.717, 1.165) is 12.1 Å². The molecule has 1 aromatic carbocycles. The Bertz CT molecular complexity index is 551. The average molecular weight is 249 g/mol. The lowest BCUT2D eigenvalue weighted by Crippen LogP contribution is -2.26. The van der Waals surface area contributed by atoms with Crippen molar-refractivity contribution in [2.24, 2.45) is 0 Å². The van der Waals surface area contributed by atoms with Crippen molar-refractivity contribution in [2.75, 3.05) is 7.05 Å². The van der Waals surface area contributed by atoms with E-state index in [1.807, 2.05) is 0 Å². The van der Waals surface area contributed by atoms with Gasteiger partial charge in [-0.15, -0.1) is 0 Å². The number of phenolic OH excluding ortho intramolecular Hbond substituents is 1.